The van der Waals surface area contributed by atoms with Crippen molar-refractivity contribution < 1.29 is 33.2 Å². The highest BCUT2D eigenvalue weighted by atomic mass is 16.5. The van der Waals surface area contributed by atoms with Crippen molar-refractivity contribution >= 4 is 27.3 Å². The van der Waals surface area contributed by atoms with Gasteiger partial charge in [-0.1, -0.05) is 61.4 Å². The second-order valence-electron chi connectivity index (χ2n) is 16.4. The van der Waals surface area contributed by atoms with E-state index in [1.165, 1.54) is 38.5 Å². The third-order valence-electron chi connectivity index (χ3n) is 12.7. The Bertz CT molecular complexity index is 2250. The molecule has 2 fully saturated rings. The number of carbonyl (C=O) groups excluding carboxylic acids is 1. The van der Waals surface area contributed by atoms with Crippen LogP contribution in [0.3, 0.4) is 0 Å². The summed E-state index contributed by atoms with van der Waals surface area (Å²) in [7, 11) is 6.66. The second kappa shape index (κ2) is 20.4. The summed E-state index contributed by atoms with van der Waals surface area (Å²) in [5.41, 5.74) is 3.20. The summed E-state index contributed by atoms with van der Waals surface area (Å²) in [6.07, 6.45) is 7.57. The van der Waals surface area contributed by atoms with E-state index in [4.69, 9.17) is 28.4 Å². The Balaban J connectivity index is 1.24. The second-order valence-corrected chi connectivity index (χ2v) is 16.4. The van der Waals surface area contributed by atoms with Gasteiger partial charge in [-0.25, -0.2) is 0 Å². The number of likely N-dealkylation sites (tertiary alicyclic amines) is 2. The van der Waals surface area contributed by atoms with E-state index in [9.17, 15) is 0 Å². The average Bonchev–Trinajstić information content (AvgIpc) is 3.33. The van der Waals surface area contributed by atoms with Gasteiger partial charge in [0.05, 0.1) is 40.3 Å². The zero-order chi connectivity index (χ0) is 42.8. The Morgan fingerprint density at radius 3 is 1.23 bits per heavy atom. The number of methoxy groups -OCH3 is 4. The molecule has 9 heteroatoms. The number of fused-ring (bicyclic) bond motifs is 2. The smallest absolute Gasteiger partial charge is 0.156 e. The van der Waals surface area contributed by atoms with Crippen LogP contribution in [0, 0.1) is 0 Å². The first-order valence-electron chi connectivity index (χ1n) is 22.2. The van der Waals surface area contributed by atoms with Crippen molar-refractivity contribution in [2.24, 2.45) is 0 Å². The minimum Gasteiger partial charge on any atom is -0.497 e. The summed E-state index contributed by atoms with van der Waals surface area (Å²) in [5.74, 6) is 2.66. The monoisotopic (exact) mass is 836 g/mol. The molecule has 2 atom stereocenters. The molecule has 6 aromatic rings. The number of Topliss-reactive ketones (excluding diaryl/α,β-unsaturated/α-hetero) is 1. The molecule has 0 bridgehead atoms. The highest BCUT2D eigenvalue weighted by molar-refractivity contribution is 6.05. The minimum absolute atomic E-state index is 0.0363. The van der Waals surface area contributed by atoms with Gasteiger partial charge in [0.2, 0.25) is 0 Å². The molecule has 0 saturated carbocycles. The lowest BCUT2D eigenvalue weighted by molar-refractivity contribution is -0.120. The van der Waals surface area contributed by atoms with Crippen molar-refractivity contribution in [1.29, 1.82) is 0 Å². The first-order chi connectivity index (χ1) is 30.5. The van der Waals surface area contributed by atoms with E-state index in [2.05, 4.69) is 9.80 Å². The molecular weight excluding hydrogens is 777 g/mol. The Hall–Kier alpha value is -5.77. The standard InChI is InChI=1S/C53H60N2O7/c1-57-43-21-23-45-39(35-43)15-25-47(59-3)51(45)49(37-11-17-41(18-12-37)61-33-31-54-27-7-5-8-28-54)53(56)50(52-46-24-22-44(58-2)36-40(46)16-26-48(52)60-4)38-13-19-42(20-14-38)62-34-32-55-29-9-6-10-30-55/h11-26,35-36,49-50H,5-10,27-34H2,1-4H3. The topological polar surface area (TPSA) is 78.9 Å². The maximum atomic E-state index is 16.3. The predicted octanol–water partition coefficient (Wildman–Crippen LogP) is 10.3. The Labute approximate surface area is 366 Å². The van der Waals surface area contributed by atoms with Gasteiger partial charge in [0.25, 0.3) is 0 Å². The van der Waals surface area contributed by atoms with E-state index in [1.807, 2.05) is 109 Å². The van der Waals surface area contributed by atoms with Crippen LogP contribution in [0.4, 0.5) is 0 Å². The van der Waals surface area contributed by atoms with Crippen LogP contribution in [-0.4, -0.2) is 96.5 Å². The van der Waals surface area contributed by atoms with Crippen molar-refractivity contribution in [2.45, 2.75) is 50.4 Å². The molecule has 0 radical (unpaired) electrons. The SMILES string of the molecule is COc1ccc2c(C(C(=O)C(c3ccc(OCCN4CCCCC4)cc3)c3c(OC)ccc4cc(OC)ccc34)c3ccc(OCCN4CCCCC4)cc3)c(OC)ccc2c1. The van der Waals surface area contributed by atoms with E-state index < -0.39 is 11.8 Å². The molecular formula is C53H60N2O7. The van der Waals surface area contributed by atoms with Gasteiger partial charge in [-0.2, -0.15) is 0 Å². The van der Waals surface area contributed by atoms with Gasteiger partial charge in [-0.05, 0) is 145 Å². The summed E-state index contributed by atoms with van der Waals surface area (Å²) in [6, 6.07) is 35.9. The van der Waals surface area contributed by atoms with Crippen LogP contribution >= 0.6 is 0 Å². The van der Waals surface area contributed by atoms with Crippen LogP contribution in [0.5, 0.6) is 34.5 Å². The third-order valence-corrected chi connectivity index (χ3v) is 12.7. The lowest BCUT2D eigenvalue weighted by Gasteiger charge is -2.29. The summed E-state index contributed by atoms with van der Waals surface area (Å²) < 4.78 is 36.2. The molecule has 2 saturated heterocycles. The lowest BCUT2D eigenvalue weighted by Crippen LogP contribution is -2.33. The molecule has 0 spiro atoms. The fraction of sp³-hybridized carbons (Fsp3) is 0.377. The molecule has 9 nitrogen and oxygen atoms in total. The first-order valence-corrected chi connectivity index (χ1v) is 22.2. The van der Waals surface area contributed by atoms with Gasteiger partial charge in [0, 0.05) is 24.2 Å². The van der Waals surface area contributed by atoms with Crippen LogP contribution in [0.2, 0.25) is 0 Å². The van der Waals surface area contributed by atoms with Crippen molar-refractivity contribution in [2.75, 3.05) is 80.9 Å². The summed E-state index contributed by atoms with van der Waals surface area (Å²) in [4.78, 5) is 21.3. The van der Waals surface area contributed by atoms with Crippen LogP contribution in [0.15, 0.2) is 109 Å². The molecule has 6 aromatic carbocycles. The fourth-order valence-corrected chi connectivity index (χ4v) is 9.41. The van der Waals surface area contributed by atoms with Gasteiger partial charge >= 0.3 is 0 Å². The fourth-order valence-electron chi connectivity index (χ4n) is 9.41. The van der Waals surface area contributed by atoms with Gasteiger partial charge < -0.3 is 28.4 Å². The highest BCUT2D eigenvalue weighted by Crippen LogP contribution is 2.47. The average molecular weight is 837 g/mol. The number of carbonyl (C=O) groups is 1. The highest BCUT2D eigenvalue weighted by Gasteiger charge is 2.37. The molecule has 62 heavy (non-hydrogen) atoms. The van der Waals surface area contributed by atoms with Gasteiger partial charge in [0.1, 0.15) is 47.7 Å². The zero-order valence-corrected chi connectivity index (χ0v) is 36.7. The number of hydrogen-bond acceptors (Lipinski definition) is 9. The molecule has 8 rings (SSSR count). The maximum absolute atomic E-state index is 16.3. The van der Waals surface area contributed by atoms with E-state index in [-0.39, 0.29) is 5.78 Å². The molecule has 2 aliphatic rings. The molecule has 0 amide bonds. The number of ketones is 1. The summed E-state index contributed by atoms with van der Waals surface area (Å²) >= 11 is 0. The Morgan fingerprint density at radius 1 is 0.468 bits per heavy atom. The molecule has 0 N–H and O–H groups in total. The van der Waals surface area contributed by atoms with Crippen molar-refractivity contribution in [3.05, 3.63) is 131 Å². The molecule has 0 aromatic heterocycles. The van der Waals surface area contributed by atoms with Crippen LogP contribution in [0.25, 0.3) is 21.5 Å². The van der Waals surface area contributed by atoms with Crippen molar-refractivity contribution in [3.63, 3.8) is 0 Å². The quantitative estimate of drug-likeness (QED) is 0.0841. The van der Waals surface area contributed by atoms with Gasteiger partial charge in [-0.3, -0.25) is 14.6 Å². The molecule has 2 heterocycles. The number of piperidine rings is 2. The Kier molecular flexibility index (Phi) is 14.1. The van der Waals surface area contributed by atoms with E-state index in [0.29, 0.717) is 24.7 Å². The predicted molar refractivity (Wildman–Crippen MR) is 247 cm³/mol. The van der Waals surface area contributed by atoms with Crippen LogP contribution in [-0.2, 0) is 4.79 Å². The lowest BCUT2D eigenvalue weighted by atomic mass is 9.74. The number of hydrogen-bond donors (Lipinski definition) is 0. The Morgan fingerprint density at radius 2 is 0.855 bits per heavy atom. The number of benzene rings is 6. The van der Waals surface area contributed by atoms with Crippen molar-refractivity contribution in [1.82, 2.24) is 9.80 Å². The van der Waals surface area contributed by atoms with Crippen LogP contribution in [0.1, 0.15) is 72.6 Å². The molecule has 2 unspecified atom stereocenters. The number of nitrogens with zero attached hydrogens (tertiary/aromatic N) is 2. The maximum Gasteiger partial charge on any atom is 0.156 e. The van der Waals surface area contributed by atoms with Crippen LogP contribution < -0.4 is 28.4 Å². The zero-order valence-electron chi connectivity index (χ0n) is 36.7. The molecule has 324 valence electrons. The van der Waals surface area contributed by atoms with Gasteiger partial charge in [0.15, 0.2) is 5.78 Å². The van der Waals surface area contributed by atoms with Crippen molar-refractivity contribution in [3.8, 4) is 34.5 Å². The van der Waals surface area contributed by atoms with E-state index >= 15 is 4.79 Å². The third kappa shape index (κ3) is 9.64. The summed E-state index contributed by atoms with van der Waals surface area (Å²) in [6.45, 7) is 7.47. The normalized spacial score (nSPS) is 15.8. The molecule has 2 aliphatic heterocycles. The summed E-state index contributed by atoms with van der Waals surface area (Å²) in [5, 5.41) is 3.67. The van der Waals surface area contributed by atoms with Gasteiger partial charge in [-0.15, -0.1) is 0 Å². The number of rotatable bonds is 18. The largest absolute Gasteiger partial charge is 0.497 e. The van der Waals surface area contributed by atoms with E-state index in [1.54, 1.807) is 28.4 Å². The molecule has 0 aliphatic carbocycles. The minimum atomic E-state index is -0.770. The van der Waals surface area contributed by atoms with E-state index in [0.717, 1.165) is 106 Å². The first kappa shape index (κ1) is 42.9. The number of ether oxygens (including phenoxy) is 6.